The van der Waals surface area contributed by atoms with Crippen molar-refractivity contribution in [1.82, 2.24) is 10.2 Å². The van der Waals surface area contributed by atoms with Gasteiger partial charge in [-0.25, -0.2) is 0 Å². The highest BCUT2D eigenvalue weighted by molar-refractivity contribution is 5.80. The summed E-state index contributed by atoms with van der Waals surface area (Å²) in [5.74, 6) is 0.458. The second kappa shape index (κ2) is 6.75. The van der Waals surface area contributed by atoms with Crippen LogP contribution in [0, 0.1) is 5.92 Å². The summed E-state index contributed by atoms with van der Waals surface area (Å²) in [5.41, 5.74) is 2.39. The van der Waals surface area contributed by atoms with Crippen molar-refractivity contribution < 1.29 is 4.79 Å². The van der Waals surface area contributed by atoms with E-state index in [0.29, 0.717) is 6.54 Å². The minimum absolute atomic E-state index is 0.0242. The topological polar surface area (TPSA) is 32.3 Å². The lowest BCUT2D eigenvalue weighted by molar-refractivity contribution is -0.125. The van der Waals surface area contributed by atoms with Crippen LogP contribution in [0.1, 0.15) is 17.0 Å². The molecule has 2 aromatic carbocycles. The number of rotatable bonds is 4. The van der Waals surface area contributed by atoms with Crippen LogP contribution in [-0.4, -0.2) is 30.9 Å². The van der Waals surface area contributed by atoms with Crippen LogP contribution < -0.4 is 5.32 Å². The van der Waals surface area contributed by atoms with Gasteiger partial charge in [0.25, 0.3) is 0 Å². The number of likely N-dealkylation sites (tertiary alicyclic amines) is 1. The average molecular weight is 294 g/mol. The van der Waals surface area contributed by atoms with Gasteiger partial charge in [0.1, 0.15) is 0 Å². The summed E-state index contributed by atoms with van der Waals surface area (Å²) < 4.78 is 0. The predicted molar refractivity (Wildman–Crippen MR) is 88.5 cm³/mol. The lowest BCUT2D eigenvalue weighted by Gasteiger charge is -2.18. The van der Waals surface area contributed by atoms with Gasteiger partial charge in [-0.1, -0.05) is 60.7 Å². The van der Waals surface area contributed by atoms with Gasteiger partial charge in [-0.3, -0.25) is 4.79 Å². The zero-order valence-electron chi connectivity index (χ0n) is 12.9. The Morgan fingerprint density at radius 2 is 1.68 bits per heavy atom. The van der Waals surface area contributed by atoms with Crippen molar-refractivity contribution in [3.8, 4) is 0 Å². The molecule has 0 spiro atoms. The Bertz CT molecular complexity index is 612. The third-order valence-electron chi connectivity index (χ3n) is 4.38. The van der Waals surface area contributed by atoms with E-state index in [-0.39, 0.29) is 17.7 Å². The molecule has 2 aromatic rings. The largest absolute Gasteiger partial charge is 0.352 e. The van der Waals surface area contributed by atoms with Crippen LogP contribution in [-0.2, 0) is 11.3 Å². The highest BCUT2D eigenvalue weighted by atomic mass is 16.1. The van der Waals surface area contributed by atoms with E-state index in [4.69, 9.17) is 0 Å². The molecule has 1 saturated heterocycles. The fourth-order valence-electron chi connectivity index (χ4n) is 3.22. The van der Waals surface area contributed by atoms with Gasteiger partial charge in [0, 0.05) is 25.6 Å². The van der Waals surface area contributed by atoms with Gasteiger partial charge in [0.05, 0.1) is 5.92 Å². The normalized spacial score (nSPS) is 21.7. The van der Waals surface area contributed by atoms with Crippen molar-refractivity contribution in [3.63, 3.8) is 0 Å². The van der Waals surface area contributed by atoms with Crippen molar-refractivity contribution in [2.75, 3.05) is 20.1 Å². The fourth-order valence-corrected chi connectivity index (χ4v) is 3.22. The zero-order valence-corrected chi connectivity index (χ0v) is 12.9. The molecule has 0 saturated carbocycles. The molecule has 1 aliphatic rings. The molecule has 0 aromatic heterocycles. The second-order valence-electron chi connectivity index (χ2n) is 6.05. The van der Waals surface area contributed by atoms with Crippen LogP contribution in [0.25, 0.3) is 0 Å². The van der Waals surface area contributed by atoms with Crippen LogP contribution >= 0.6 is 0 Å². The first-order valence-electron chi connectivity index (χ1n) is 7.79. The summed E-state index contributed by atoms with van der Waals surface area (Å²) in [6.07, 6.45) is 0. The molecular formula is C19H22N2O. The number of likely N-dealkylation sites (N-methyl/N-ethyl adjacent to an activating group) is 1. The first-order chi connectivity index (χ1) is 10.7. The second-order valence-corrected chi connectivity index (χ2v) is 6.05. The SMILES string of the molecule is CN1C[C@H](c2ccccc2)[C@H](C(=O)NCc2ccccc2)C1. The predicted octanol–water partition coefficient (Wildman–Crippen LogP) is 2.65. The zero-order chi connectivity index (χ0) is 15.4. The summed E-state index contributed by atoms with van der Waals surface area (Å²) in [5, 5.41) is 3.10. The molecule has 1 aliphatic heterocycles. The number of benzene rings is 2. The summed E-state index contributed by atoms with van der Waals surface area (Å²) >= 11 is 0. The van der Waals surface area contributed by atoms with E-state index in [0.717, 1.165) is 18.7 Å². The molecule has 114 valence electrons. The fraction of sp³-hybridized carbons (Fsp3) is 0.316. The summed E-state index contributed by atoms with van der Waals surface area (Å²) in [6, 6.07) is 20.4. The summed E-state index contributed by atoms with van der Waals surface area (Å²) in [6.45, 7) is 2.36. The Labute approximate surface area is 132 Å². The van der Waals surface area contributed by atoms with Crippen LogP contribution in [0.15, 0.2) is 60.7 Å². The van der Waals surface area contributed by atoms with Gasteiger partial charge < -0.3 is 10.2 Å². The van der Waals surface area contributed by atoms with Crippen LogP contribution in [0.2, 0.25) is 0 Å². The van der Waals surface area contributed by atoms with E-state index >= 15 is 0 Å². The maximum Gasteiger partial charge on any atom is 0.225 e. The van der Waals surface area contributed by atoms with Crippen LogP contribution in [0.5, 0.6) is 0 Å². The molecular weight excluding hydrogens is 272 g/mol. The maximum atomic E-state index is 12.6. The molecule has 0 unspecified atom stereocenters. The molecule has 3 nitrogen and oxygen atoms in total. The van der Waals surface area contributed by atoms with E-state index < -0.39 is 0 Å². The molecule has 1 N–H and O–H groups in total. The molecule has 1 fully saturated rings. The van der Waals surface area contributed by atoms with Crippen molar-refractivity contribution in [3.05, 3.63) is 71.8 Å². The van der Waals surface area contributed by atoms with Gasteiger partial charge in [0.15, 0.2) is 0 Å². The number of nitrogens with one attached hydrogen (secondary N) is 1. The quantitative estimate of drug-likeness (QED) is 0.940. The third-order valence-corrected chi connectivity index (χ3v) is 4.38. The molecule has 3 rings (SSSR count). The van der Waals surface area contributed by atoms with Crippen LogP contribution in [0.3, 0.4) is 0 Å². The van der Waals surface area contributed by atoms with Gasteiger partial charge in [-0.2, -0.15) is 0 Å². The van der Waals surface area contributed by atoms with Gasteiger partial charge >= 0.3 is 0 Å². The van der Waals surface area contributed by atoms with Crippen molar-refractivity contribution >= 4 is 5.91 Å². The van der Waals surface area contributed by atoms with E-state index in [1.54, 1.807) is 0 Å². The Morgan fingerprint density at radius 1 is 1.05 bits per heavy atom. The highest BCUT2D eigenvalue weighted by Crippen LogP contribution is 2.31. The molecule has 1 amide bonds. The number of amides is 1. The lowest BCUT2D eigenvalue weighted by atomic mass is 9.88. The monoisotopic (exact) mass is 294 g/mol. The standard InChI is InChI=1S/C19H22N2O/c1-21-13-17(16-10-6-3-7-11-16)18(14-21)19(22)20-12-15-8-4-2-5-9-15/h2-11,17-18H,12-14H2,1H3,(H,20,22)/t17-,18-/m1/s1. The lowest BCUT2D eigenvalue weighted by Crippen LogP contribution is -2.34. The Balaban J connectivity index is 1.67. The summed E-state index contributed by atoms with van der Waals surface area (Å²) in [4.78, 5) is 14.9. The smallest absolute Gasteiger partial charge is 0.225 e. The minimum atomic E-state index is 0.0242. The average Bonchev–Trinajstić information content (AvgIpc) is 2.96. The van der Waals surface area contributed by atoms with Gasteiger partial charge in [-0.05, 0) is 18.2 Å². The first-order valence-corrected chi connectivity index (χ1v) is 7.79. The minimum Gasteiger partial charge on any atom is -0.352 e. The Morgan fingerprint density at radius 3 is 2.36 bits per heavy atom. The molecule has 3 heteroatoms. The van der Waals surface area contributed by atoms with E-state index in [1.165, 1.54) is 5.56 Å². The number of carbonyl (C=O) groups excluding carboxylic acids is 1. The van der Waals surface area contributed by atoms with Crippen LogP contribution in [0.4, 0.5) is 0 Å². The molecule has 0 radical (unpaired) electrons. The van der Waals surface area contributed by atoms with Crippen molar-refractivity contribution in [1.29, 1.82) is 0 Å². The molecule has 0 aliphatic carbocycles. The van der Waals surface area contributed by atoms with Gasteiger partial charge in [-0.15, -0.1) is 0 Å². The van der Waals surface area contributed by atoms with E-state index in [2.05, 4.69) is 29.4 Å². The molecule has 1 heterocycles. The maximum absolute atomic E-state index is 12.6. The molecule has 22 heavy (non-hydrogen) atoms. The van der Waals surface area contributed by atoms with E-state index in [1.807, 2.05) is 48.5 Å². The Hall–Kier alpha value is -2.13. The molecule has 0 bridgehead atoms. The number of nitrogens with zero attached hydrogens (tertiary/aromatic N) is 1. The van der Waals surface area contributed by atoms with Gasteiger partial charge in [0.2, 0.25) is 5.91 Å². The van der Waals surface area contributed by atoms with Crippen molar-refractivity contribution in [2.45, 2.75) is 12.5 Å². The third kappa shape index (κ3) is 3.37. The first kappa shape index (κ1) is 14.8. The molecule has 2 atom stereocenters. The summed E-state index contributed by atoms with van der Waals surface area (Å²) in [7, 11) is 2.08. The Kier molecular flexibility index (Phi) is 4.54. The van der Waals surface area contributed by atoms with E-state index in [9.17, 15) is 4.79 Å². The number of carbonyl (C=O) groups is 1. The highest BCUT2D eigenvalue weighted by Gasteiger charge is 2.36. The number of hydrogen-bond acceptors (Lipinski definition) is 2. The number of hydrogen-bond donors (Lipinski definition) is 1. The van der Waals surface area contributed by atoms with Crippen molar-refractivity contribution in [2.24, 2.45) is 5.92 Å².